The van der Waals surface area contributed by atoms with Gasteiger partial charge in [-0.25, -0.2) is 0 Å². The van der Waals surface area contributed by atoms with Crippen molar-refractivity contribution in [3.05, 3.63) is 57.0 Å². The number of rotatable bonds is 1. The van der Waals surface area contributed by atoms with Crippen molar-refractivity contribution in [2.45, 2.75) is 26.3 Å². The number of fused-ring (bicyclic) bond motifs is 1. The zero-order valence-electron chi connectivity index (χ0n) is 12.6. The lowest BCUT2D eigenvalue weighted by atomic mass is 9.89. The SMILES string of the molecule is Cc1ccc(-c2c3c([nH]c(=O)c2C#N)C(C)NCC3)cc1.Cl. The van der Waals surface area contributed by atoms with E-state index in [0.29, 0.717) is 0 Å². The van der Waals surface area contributed by atoms with Crippen LogP contribution in [0.15, 0.2) is 29.1 Å². The Kier molecular flexibility index (Phi) is 4.70. The lowest BCUT2D eigenvalue weighted by Gasteiger charge is -2.26. The van der Waals surface area contributed by atoms with Gasteiger partial charge in [-0.3, -0.25) is 4.79 Å². The van der Waals surface area contributed by atoms with Crippen LogP contribution < -0.4 is 10.9 Å². The molecule has 0 fully saturated rings. The molecule has 1 aliphatic heterocycles. The van der Waals surface area contributed by atoms with E-state index in [2.05, 4.69) is 16.4 Å². The highest BCUT2D eigenvalue weighted by atomic mass is 35.5. The Labute approximate surface area is 135 Å². The number of aromatic amines is 1. The van der Waals surface area contributed by atoms with Gasteiger partial charge in [0, 0.05) is 17.3 Å². The first-order chi connectivity index (χ1) is 10.1. The minimum atomic E-state index is -0.303. The fraction of sp³-hybridized carbons (Fsp3) is 0.294. The Morgan fingerprint density at radius 1 is 1.27 bits per heavy atom. The Bertz CT molecular complexity index is 787. The summed E-state index contributed by atoms with van der Waals surface area (Å²) in [7, 11) is 0. The summed E-state index contributed by atoms with van der Waals surface area (Å²) in [6, 6.07) is 10.2. The summed E-state index contributed by atoms with van der Waals surface area (Å²) >= 11 is 0. The van der Waals surface area contributed by atoms with Crippen LogP contribution in [0.3, 0.4) is 0 Å². The highest BCUT2D eigenvalue weighted by Gasteiger charge is 2.24. The van der Waals surface area contributed by atoms with E-state index in [1.54, 1.807) is 0 Å². The molecule has 0 bridgehead atoms. The lowest BCUT2D eigenvalue weighted by molar-refractivity contribution is 0.525. The molecule has 114 valence electrons. The van der Waals surface area contributed by atoms with Crippen molar-refractivity contribution in [3.8, 4) is 17.2 Å². The van der Waals surface area contributed by atoms with Gasteiger partial charge >= 0.3 is 0 Å². The van der Waals surface area contributed by atoms with E-state index in [0.717, 1.165) is 40.9 Å². The molecule has 4 nitrogen and oxygen atoms in total. The van der Waals surface area contributed by atoms with Crippen molar-refractivity contribution in [2.75, 3.05) is 6.54 Å². The topological polar surface area (TPSA) is 68.7 Å². The first-order valence-electron chi connectivity index (χ1n) is 7.11. The van der Waals surface area contributed by atoms with Gasteiger partial charge < -0.3 is 10.3 Å². The summed E-state index contributed by atoms with van der Waals surface area (Å²) < 4.78 is 0. The van der Waals surface area contributed by atoms with Gasteiger partial charge in [-0.05, 0) is 37.9 Å². The number of halogens is 1. The largest absolute Gasteiger partial charge is 0.323 e. The van der Waals surface area contributed by atoms with E-state index >= 15 is 0 Å². The highest BCUT2D eigenvalue weighted by Crippen LogP contribution is 2.32. The van der Waals surface area contributed by atoms with Crippen molar-refractivity contribution < 1.29 is 0 Å². The first-order valence-corrected chi connectivity index (χ1v) is 7.11. The van der Waals surface area contributed by atoms with E-state index in [4.69, 9.17) is 0 Å². The van der Waals surface area contributed by atoms with E-state index in [1.807, 2.05) is 38.1 Å². The quantitative estimate of drug-likeness (QED) is 0.850. The second kappa shape index (κ2) is 6.35. The Balaban J connectivity index is 0.00000176. The van der Waals surface area contributed by atoms with E-state index < -0.39 is 0 Å². The van der Waals surface area contributed by atoms with Crippen LogP contribution >= 0.6 is 12.4 Å². The van der Waals surface area contributed by atoms with Crippen LogP contribution in [0.5, 0.6) is 0 Å². The maximum Gasteiger partial charge on any atom is 0.266 e. The molecule has 0 saturated carbocycles. The van der Waals surface area contributed by atoms with Crippen LogP contribution in [0.1, 0.15) is 35.3 Å². The molecule has 0 amide bonds. The predicted octanol–water partition coefficient (Wildman–Crippen LogP) is 2.85. The fourth-order valence-corrected chi connectivity index (χ4v) is 2.95. The Hall–Kier alpha value is -2.09. The van der Waals surface area contributed by atoms with Crippen LogP contribution in [0, 0.1) is 18.3 Å². The van der Waals surface area contributed by atoms with Gasteiger partial charge in [-0.15, -0.1) is 12.4 Å². The minimum Gasteiger partial charge on any atom is -0.323 e. The number of aromatic nitrogens is 1. The molecule has 1 unspecified atom stereocenters. The molecule has 0 saturated heterocycles. The average molecular weight is 316 g/mol. The second-order valence-electron chi connectivity index (χ2n) is 5.50. The number of pyridine rings is 1. The molecular formula is C17H18ClN3O. The van der Waals surface area contributed by atoms with Gasteiger partial charge in [-0.1, -0.05) is 29.8 Å². The van der Waals surface area contributed by atoms with E-state index in [-0.39, 0.29) is 29.6 Å². The van der Waals surface area contributed by atoms with Crippen molar-refractivity contribution in [1.82, 2.24) is 10.3 Å². The van der Waals surface area contributed by atoms with Crippen molar-refractivity contribution in [3.63, 3.8) is 0 Å². The monoisotopic (exact) mass is 315 g/mol. The molecule has 2 aromatic rings. The Morgan fingerprint density at radius 3 is 2.59 bits per heavy atom. The number of nitriles is 1. The van der Waals surface area contributed by atoms with Gasteiger partial charge in [0.15, 0.2) is 0 Å². The molecule has 0 radical (unpaired) electrons. The molecule has 2 heterocycles. The second-order valence-corrected chi connectivity index (χ2v) is 5.50. The molecule has 3 rings (SSSR count). The molecule has 0 aliphatic carbocycles. The molecule has 2 N–H and O–H groups in total. The van der Waals surface area contributed by atoms with Crippen LogP contribution in [-0.4, -0.2) is 11.5 Å². The highest BCUT2D eigenvalue weighted by molar-refractivity contribution is 5.85. The van der Waals surface area contributed by atoms with Crippen LogP contribution in [0.25, 0.3) is 11.1 Å². The normalized spacial score (nSPS) is 16.3. The smallest absolute Gasteiger partial charge is 0.266 e. The summed E-state index contributed by atoms with van der Waals surface area (Å²) in [6.07, 6.45) is 0.814. The summed E-state index contributed by atoms with van der Waals surface area (Å²) in [4.78, 5) is 15.1. The van der Waals surface area contributed by atoms with E-state index in [9.17, 15) is 10.1 Å². The number of benzene rings is 1. The first kappa shape index (κ1) is 16.3. The van der Waals surface area contributed by atoms with Crippen LogP contribution in [0.2, 0.25) is 0 Å². The maximum absolute atomic E-state index is 12.2. The predicted molar refractivity (Wildman–Crippen MR) is 89.3 cm³/mol. The number of aryl methyl sites for hydroxylation is 1. The summed E-state index contributed by atoms with van der Waals surface area (Å²) in [5.41, 5.74) is 4.79. The van der Waals surface area contributed by atoms with Crippen molar-refractivity contribution >= 4 is 12.4 Å². The van der Waals surface area contributed by atoms with Crippen molar-refractivity contribution in [1.29, 1.82) is 5.26 Å². The third-order valence-electron chi connectivity index (χ3n) is 4.06. The maximum atomic E-state index is 12.2. The molecule has 5 heteroatoms. The van der Waals surface area contributed by atoms with Crippen LogP contribution in [0.4, 0.5) is 0 Å². The molecule has 22 heavy (non-hydrogen) atoms. The number of H-pyrrole nitrogens is 1. The summed E-state index contributed by atoms with van der Waals surface area (Å²) in [6.45, 7) is 4.90. The molecule has 1 aromatic heterocycles. The molecule has 0 spiro atoms. The third-order valence-corrected chi connectivity index (χ3v) is 4.06. The molecular weight excluding hydrogens is 298 g/mol. The molecule has 1 aliphatic rings. The lowest BCUT2D eigenvalue weighted by Crippen LogP contribution is -2.32. The Morgan fingerprint density at radius 2 is 1.95 bits per heavy atom. The van der Waals surface area contributed by atoms with Gasteiger partial charge in [0.25, 0.3) is 5.56 Å². The number of nitrogens with zero attached hydrogens (tertiary/aromatic N) is 1. The summed E-state index contributed by atoms with van der Waals surface area (Å²) in [5, 5.41) is 12.7. The molecule has 1 atom stereocenters. The van der Waals surface area contributed by atoms with E-state index in [1.165, 1.54) is 0 Å². The fourth-order valence-electron chi connectivity index (χ4n) is 2.95. The standard InChI is InChI=1S/C17H17N3O.ClH/c1-10-3-5-12(6-4-10)15-13-7-8-19-11(2)16(13)20-17(21)14(15)9-18;/h3-6,11,19H,7-8H2,1-2H3,(H,20,21);1H. The summed E-state index contributed by atoms with van der Waals surface area (Å²) in [5.74, 6) is 0. The number of nitrogens with one attached hydrogen (secondary N) is 2. The van der Waals surface area contributed by atoms with Crippen LogP contribution in [-0.2, 0) is 6.42 Å². The molecule has 1 aromatic carbocycles. The minimum absolute atomic E-state index is 0. The number of hydrogen-bond acceptors (Lipinski definition) is 3. The average Bonchev–Trinajstić information content (AvgIpc) is 2.48. The van der Waals surface area contributed by atoms with Gasteiger partial charge in [0.1, 0.15) is 11.6 Å². The third kappa shape index (κ3) is 2.66. The van der Waals surface area contributed by atoms with Gasteiger partial charge in [0.05, 0.1) is 0 Å². The van der Waals surface area contributed by atoms with Gasteiger partial charge in [-0.2, -0.15) is 5.26 Å². The zero-order valence-corrected chi connectivity index (χ0v) is 13.4. The van der Waals surface area contributed by atoms with Gasteiger partial charge in [0.2, 0.25) is 0 Å². The zero-order chi connectivity index (χ0) is 15.0. The van der Waals surface area contributed by atoms with Crippen molar-refractivity contribution in [2.24, 2.45) is 0 Å². The number of hydrogen-bond donors (Lipinski definition) is 2.